The van der Waals surface area contributed by atoms with Gasteiger partial charge in [-0.15, -0.1) is 0 Å². The SMILES string of the molecule is COCC(CNCc1ccc2c(c1)NCC2)OC. The number of nitrogens with one attached hydrogen (secondary N) is 2. The van der Waals surface area contributed by atoms with Gasteiger partial charge in [-0.3, -0.25) is 0 Å². The highest BCUT2D eigenvalue weighted by atomic mass is 16.5. The molecule has 0 saturated heterocycles. The minimum Gasteiger partial charge on any atom is -0.384 e. The molecule has 100 valence electrons. The van der Waals surface area contributed by atoms with Crippen molar-refractivity contribution in [2.45, 2.75) is 19.1 Å². The van der Waals surface area contributed by atoms with Gasteiger partial charge < -0.3 is 20.1 Å². The zero-order chi connectivity index (χ0) is 12.8. The molecule has 2 N–H and O–H groups in total. The molecule has 1 unspecified atom stereocenters. The second-order valence-electron chi connectivity index (χ2n) is 4.61. The van der Waals surface area contributed by atoms with Gasteiger partial charge in [0, 0.05) is 39.5 Å². The molecule has 4 heteroatoms. The highest BCUT2D eigenvalue weighted by Crippen LogP contribution is 2.22. The summed E-state index contributed by atoms with van der Waals surface area (Å²) in [7, 11) is 3.41. The van der Waals surface area contributed by atoms with Crippen molar-refractivity contribution in [3.05, 3.63) is 29.3 Å². The summed E-state index contributed by atoms with van der Waals surface area (Å²) in [6.07, 6.45) is 1.25. The topological polar surface area (TPSA) is 42.5 Å². The fourth-order valence-corrected chi connectivity index (χ4v) is 2.22. The number of ether oxygens (including phenoxy) is 2. The van der Waals surface area contributed by atoms with Gasteiger partial charge in [0.25, 0.3) is 0 Å². The van der Waals surface area contributed by atoms with E-state index in [4.69, 9.17) is 9.47 Å². The van der Waals surface area contributed by atoms with Crippen molar-refractivity contribution in [1.82, 2.24) is 5.32 Å². The minimum atomic E-state index is 0.113. The maximum absolute atomic E-state index is 5.30. The second-order valence-corrected chi connectivity index (χ2v) is 4.61. The lowest BCUT2D eigenvalue weighted by Gasteiger charge is -2.15. The van der Waals surface area contributed by atoms with Crippen LogP contribution in [0.25, 0.3) is 0 Å². The molecule has 0 radical (unpaired) electrons. The molecule has 1 aliphatic heterocycles. The lowest BCUT2D eigenvalue weighted by atomic mass is 10.1. The molecule has 0 aliphatic carbocycles. The molecule has 1 aromatic carbocycles. The Morgan fingerprint density at radius 3 is 3.06 bits per heavy atom. The molecule has 0 fully saturated rings. The fourth-order valence-electron chi connectivity index (χ4n) is 2.22. The van der Waals surface area contributed by atoms with E-state index in [1.807, 2.05) is 0 Å². The highest BCUT2D eigenvalue weighted by Gasteiger charge is 2.10. The monoisotopic (exact) mass is 250 g/mol. The average molecular weight is 250 g/mol. The van der Waals surface area contributed by atoms with Crippen LogP contribution < -0.4 is 10.6 Å². The summed E-state index contributed by atoms with van der Waals surface area (Å²) in [4.78, 5) is 0. The van der Waals surface area contributed by atoms with Crippen molar-refractivity contribution >= 4 is 5.69 Å². The zero-order valence-electron chi connectivity index (χ0n) is 11.2. The van der Waals surface area contributed by atoms with Gasteiger partial charge >= 0.3 is 0 Å². The van der Waals surface area contributed by atoms with E-state index in [0.29, 0.717) is 6.61 Å². The zero-order valence-corrected chi connectivity index (χ0v) is 11.2. The van der Waals surface area contributed by atoms with Crippen LogP contribution in [0.4, 0.5) is 5.69 Å². The van der Waals surface area contributed by atoms with Gasteiger partial charge in [0.2, 0.25) is 0 Å². The van der Waals surface area contributed by atoms with Crippen LogP contribution in [0.5, 0.6) is 0 Å². The van der Waals surface area contributed by atoms with Gasteiger partial charge in [-0.1, -0.05) is 12.1 Å². The van der Waals surface area contributed by atoms with Crippen molar-refractivity contribution in [3.8, 4) is 0 Å². The van der Waals surface area contributed by atoms with E-state index < -0.39 is 0 Å². The summed E-state index contributed by atoms with van der Waals surface area (Å²) in [5, 5.41) is 6.79. The van der Waals surface area contributed by atoms with E-state index in [1.165, 1.54) is 16.8 Å². The van der Waals surface area contributed by atoms with Crippen LogP contribution in [-0.2, 0) is 22.4 Å². The Bertz CT molecular complexity index is 382. The Balaban J connectivity index is 1.79. The molecule has 1 aromatic rings. The van der Waals surface area contributed by atoms with E-state index >= 15 is 0 Å². The van der Waals surface area contributed by atoms with Crippen molar-refractivity contribution in [2.24, 2.45) is 0 Å². The van der Waals surface area contributed by atoms with E-state index in [2.05, 4.69) is 28.8 Å². The van der Waals surface area contributed by atoms with E-state index in [0.717, 1.165) is 26.1 Å². The highest BCUT2D eigenvalue weighted by molar-refractivity contribution is 5.56. The van der Waals surface area contributed by atoms with Gasteiger partial charge in [0.05, 0.1) is 12.7 Å². The molecular formula is C14H22N2O2. The van der Waals surface area contributed by atoms with Gasteiger partial charge in [-0.05, 0) is 23.6 Å². The molecule has 4 nitrogen and oxygen atoms in total. The van der Waals surface area contributed by atoms with Crippen molar-refractivity contribution in [1.29, 1.82) is 0 Å². The first-order chi connectivity index (χ1) is 8.83. The Morgan fingerprint density at radius 1 is 1.39 bits per heavy atom. The number of benzene rings is 1. The number of fused-ring (bicyclic) bond motifs is 1. The minimum absolute atomic E-state index is 0.113. The maximum Gasteiger partial charge on any atom is 0.0928 e. The van der Waals surface area contributed by atoms with Gasteiger partial charge in [-0.25, -0.2) is 0 Å². The second kappa shape index (κ2) is 6.73. The predicted molar refractivity (Wildman–Crippen MR) is 73.0 cm³/mol. The quantitative estimate of drug-likeness (QED) is 0.768. The summed E-state index contributed by atoms with van der Waals surface area (Å²) in [5.74, 6) is 0. The summed E-state index contributed by atoms with van der Waals surface area (Å²) in [6.45, 7) is 3.34. The Hall–Kier alpha value is -1.10. The van der Waals surface area contributed by atoms with Crippen LogP contribution in [-0.4, -0.2) is 40.0 Å². The third kappa shape index (κ3) is 3.45. The summed E-state index contributed by atoms with van der Waals surface area (Å²) in [5.41, 5.74) is 4.01. The van der Waals surface area contributed by atoms with Crippen molar-refractivity contribution < 1.29 is 9.47 Å². The Kier molecular flexibility index (Phi) is 4.99. The maximum atomic E-state index is 5.30. The third-order valence-corrected chi connectivity index (χ3v) is 3.27. The number of hydrogen-bond donors (Lipinski definition) is 2. The largest absolute Gasteiger partial charge is 0.384 e. The number of hydrogen-bond acceptors (Lipinski definition) is 4. The molecule has 0 amide bonds. The molecule has 0 aromatic heterocycles. The number of anilines is 1. The molecule has 18 heavy (non-hydrogen) atoms. The molecule has 1 atom stereocenters. The first kappa shape index (κ1) is 13.3. The average Bonchev–Trinajstić information content (AvgIpc) is 2.85. The Morgan fingerprint density at radius 2 is 2.28 bits per heavy atom. The molecule has 1 heterocycles. The smallest absolute Gasteiger partial charge is 0.0928 e. The van der Waals surface area contributed by atoms with Gasteiger partial charge in [-0.2, -0.15) is 0 Å². The molecule has 2 rings (SSSR count). The number of rotatable bonds is 7. The normalized spacial score (nSPS) is 15.2. The van der Waals surface area contributed by atoms with Crippen molar-refractivity contribution in [2.75, 3.05) is 39.2 Å². The molecule has 0 saturated carbocycles. The first-order valence-electron chi connectivity index (χ1n) is 6.41. The van der Waals surface area contributed by atoms with Crippen LogP contribution in [0.2, 0.25) is 0 Å². The lowest BCUT2D eigenvalue weighted by Crippen LogP contribution is -2.31. The molecule has 0 bridgehead atoms. The molecule has 0 spiro atoms. The molecular weight excluding hydrogens is 228 g/mol. The van der Waals surface area contributed by atoms with Crippen LogP contribution in [0.3, 0.4) is 0 Å². The first-order valence-corrected chi connectivity index (χ1v) is 6.41. The van der Waals surface area contributed by atoms with Crippen LogP contribution in [0.15, 0.2) is 18.2 Å². The van der Waals surface area contributed by atoms with Crippen molar-refractivity contribution in [3.63, 3.8) is 0 Å². The van der Waals surface area contributed by atoms with Gasteiger partial charge in [0.15, 0.2) is 0 Å². The standard InChI is InChI=1S/C14H22N2O2/c1-17-10-13(18-2)9-15-8-11-3-4-12-5-6-16-14(12)7-11/h3-4,7,13,15-16H,5-6,8-10H2,1-2H3. The Labute approximate surface area is 109 Å². The predicted octanol–water partition coefficient (Wildman–Crippen LogP) is 1.41. The van der Waals surface area contributed by atoms with Crippen LogP contribution >= 0.6 is 0 Å². The third-order valence-electron chi connectivity index (χ3n) is 3.27. The molecule has 1 aliphatic rings. The van der Waals surface area contributed by atoms with Crippen LogP contribution in [0.1, 0.15) is 11.1 Å². The summed E-state index contributed by atoms with van der Waals surface area (Å²) in [6, 6.07) is 6.64. The number of methoxy groups -OCH3 is 2. The van der Waals surface area contributed by atoms with Gasteiger partial charge in [0.1, 0.15) is 0 Å². The summed E-state index contributed by atoms with van der Waals surface area (Å²) >= 11 is 0. The summed E-state index contributed by atoms with van der Waals surface area (Å²) < 4.78 is 10.4. The fraction of sp³-hybridized carbons (Fsp3) is 0.571. The van der Waals surface area contributed by atoms with E-state index in [1.54, 1.807) is 14.2 Å². The van der Waals surface area contributed by atoms with Crippen LogP contribution in [0, 0.1) is 0 Å². The van der Waals surface area contributed by atoms with E-state index in [-0.39, 0.29) is 6.10 Å². The van der Waals surface area contributed by atoms with E-state index in [9.17, 15) is 0 Å². The lowest BCUT2D eigenvalue weighted by molar-refractivity contribution is 0.0288.